The topological polar surface area (TPSA) is 15.7 Å². The van der Waals surface area contributed by atoms with Crippen molar-refractivity contribution < 1.29 is 4.74 Å². The zero-order valence-electron chi connectivity index (χ0n) is 13.1. The Morgan fingerprint density at radius 2 is 2.05 bits per heavy atom. The molecule has 0 bridgehead atoms. The summed E-state index contributed by atoms with van der Waals surface area (Å²) in [5.74, 6) is 0.641. The Labute approximate surface area is 123 Å². The Balaban J connectivity index is 1.89. The molecule has 1 unspecified atom stereocenters. The van der Waals surface area contributed by atoms with E-state index in [9.17, 15) is 0 Å². The summed E-state index contributed by atoms with van der Waals surface area (Å²) in [4.78, 5) is 4.85. The van der Waals surface area contributed by atoms with Gasteiger partial charge in [0.05, 0.1) is 13.2 Å². The average Bonchev–Trinajstić information content (AvgIpc) is 2.53. The van der Waals surface area contributed by atoms with E-state index in [0.29, 0.717) is 5.92 Å². The van der Waals surface area contributed by atoms with Crippen LogP contribution in [-0.4, -0.2) is 51.3 Å². The molecule has 112 valence electrons. The first-order chi connectivity index (χ1) is 9.70. The molecule has 1 aromatic carbocycles. The minimum absolute atomic E-state index is 0.641. The van der Waals surface area contributed by atoms with Crippen LogP contribution in [0.1, 0.15) is 31.7 Å². The summed E-state index contributed by atoms with van der Waals surface area (Å²) in [5, 5.41) is 0. The molecule has 1 fully saturated rings. The van der Waals surface area contributed by atoms with E-state index in [2.05, 4.69) is 55.0 Å². The number of rotatable bonds is 6. The van der Waals surface area contributed by atoms with Gasteiger partial charge in [-0.25, -0.2) is 0 Å². The Morgan fingerprint density at radius 3 is 2.75 bits per heavy atom. The maximum Gasteiger partial charge on any atom is 0.0594 e. The number of anilines is 1. The Hall–Kier alpha value is -1.06. The lowest BCUT2D eigenvalue weighted by Gasteiger charge is -2.29. The molecule has 0 N–H and O–H groups in total. The van der Waals surface area contributed by atoms with Crippen molar-refractivity contribution in [3.63, 3.8) is 0 Å². The van der Waals surface area contributed by atoms with Crippen molar-refractivity contribution in [3.8, 4) is 0 Å². The van der Waals surface area contributed by atoms with E-state index in [1.807, 2.05) is 0 Å². The van der Waals surface area contributed by atoms with Crippen molar-refractivity contribution in [2.75, 3.05) is 51.3 Å². The van der Waals surface area contributed by atoms with Crippen molar-refractivity contribution in [3.05, 3.63) is 29.8 Å². The second-order valence-corrected chi connectivity index (χ2v) is 5.78. The molecule has 0 amide bonds. The van der Waals surface area contributed by atoms with Crippen molar-refractivity contribution in [2.24, 2.45) is 0 Å². The monoisotopic (exact) mass is 276 g/mol. The van der Waals surface area contributed by atoms with Crippen LogP contribution in [0.3, 0.4) is 0 Å². The molecule has 1 aliphatic heterocycles. The van der Waals surface area contributed by atoms with Gasteiger partial charge in [0.2, 0.25) is 0 Å². The summed E-state index contributed by atoms with van der Waals surface area (Å²) < 4.78 is 5.39. The van der Waals surface area contributed by atoms with E-state index < -0.39 is 0 Å². The van der Waals surface area contributed by atoms with E-state index in [0.717, 1.165) is 39.4 Å². The van der Waals surface area contributed by atoms with E-state index in [1.54, 1.807) is 0 Å². The van der Waals surface area contributed by atoms with Gasteiger partial charge in [0, 0.05) is 38.9 Å². The molecule has 1 heterocycles. The van der Waals surface area contributed by atoms with Gasteiger partial charge in [-0.15, -0.1) is 0 Å². The summed E-state index contributed by atoms with van der Waals surface area (Å²) in [6.45, 7) is 10.6. The lowest BCUT2D eigenvalue weighted by molar-refractivity contribution is 0.0393. The summed E-state index contributed by atoms with van der Waals surface area (Å²) in [7, 11) is 2.19. The van der Waals surface area contributed by atoms with Gasteiger partial charge < -0.3 is 9.64 Å². The Morgan fingerprint density at radius 1 is 1.30 bits per heavy atom. The number of benzene rings is 1. The van der Waals surface area contributed by atoms with Gasteiger partial charge in [0.1, 0.15) is 0 Å². The molecule has 3 heteroatoms. The number of morpholine rings is 1. The van der Waals surface area contributed by atoms with E-state index in [4.69, 9.17) is 4.74 Å². The third-order valence-corrected chi connectivity index (χ3v) is 4.35. The standard InChI is InChI=1S/C17H28N2O/c1-4-15(2)16-6-5-7-17(14-16)18(3)8-9-19-10-12-20-13-11-19/h5-7,14-15H,4,8-13H2,1-3H3. The van der Waals surface area contributed by atoms with Crippen LogP contribution in [0.2, 0.25) is 0 Å². The Kier molecular flexibility index (Phi) is 5.86. The molecule has 1 saturated heterocycles. The molecule has 0 aromatic heterocycles. The molecule has 1 atom stereocenters. The summed E-state index contributed by atoms with van der Waals surface area (Å²) >= 11 is 0. The van der Waals surface area contributed by atoms with E-state index in [1.165, 1.54) is 17.7 Å². The molecule has 2 rings (SSSR count). The fourth-order valence-electron chi connectivity index (χ4n) is 2.55. The van der Waals surface area contributed by atoms with Gasteiger partial charge in [-0.05, 0) is 30.0 Å². The highest BCUT2D eigenvalue weighted by atomic mass is 16.5. The van der Waals surface area contributed by atoms with Gasteiger partial charge in [-0.1, -0.05) is 26.0 Å². The van der Waals surface area contributed by atoms with Gasteiger partial charge in [-0.2, -0.15) is 0 Å². The predicted molar refractivity (Wildman–Crippen MR) is 85.7 cm³/mol. The third-order valence-electron chi connectivity index (χ3n) is 4.35. The van der Waals surface area contributed by atoms with Crippen LogP contribution in [-0.2, 0) is 4.74 Å². The molecule has 20 heavy (non-hydrogen) atoms. The van der Waals surface area contributed by atoms with Crippen molar-refractivity contribution in [1.29, 1.82) is 0 Å². The molecule has 1 aromatic rings. The van der Waals surface area contributed by atoms with E-state index >= 15 is 0 Å². The van der Waals surface area contributed by atoms with Gasteiger partial charge in [0.15, 0.2) is 0 Å². The first-order valence-corrected chi connectivity index (χ1v) is 7.82. The lowest BCUT2D eigenvalue weighted by atomic mass is 9.98. The average molecular weight is 276 g/mol. The van der Waals surface area contributed by atoms with Crippen molar-refractivity contribution in [1.82, 2.24) is 4.90 Å². The molecule has 3 nitrogen and oxygen atoms in total. The van der Waals surface area contributed by atoms with Gasteiger partial charge in [0.25, 0.3) is 0 Å². The van der Waals surface area contributed by atoms with Crippen LogP contribution in [0.5, 0.6) is 0 Å². The minimum atomic E-state index is 0.641. The van der Waals surface area contributed by atoms with Crippen LogP contribution in [0, 0.1) is 0 Å². The lowest BCUT2D eigenvalue weighted by Crippen LogP contribution is -2.40. The summed E-state index contributed by atoms with van der Waals surface area (Å²) in [6.07, 6.45) is 1.20. The first-order valence-electron chi connectivity index (χ1n) is 7.82. The molecule has 0 aliphatic carbocycles. The quantitative estimate of drug-likeness (QED) is 0.794. The Bertz CT molecular complexity index is 402. The fourth-order valence-corrected chi connectivity index (χ4v) is 2.55. The number of hydrogen-bond acceptors (Lipinski definition) is 3. The zero-order chi connectivity index (χ0) is 14.4. The maximum atomic E-state index is 5.39. The van der Waals surface area contributed by atoms with Crippen LogP contribution in [0.15, 0.2) is 24.3 Å². The van der Waals surface area contributed by atoms with Crippen LogP contribution in [0.25, 0.3) is 0 Å². The van der Waals surface area contributed by atoms with Crippen LogP contribution < -0.4 is 4.90 Å². The van der Waals surface area contributed by atoms with Crippen molar-refractivity contribution >= 4 is 5.69 Å². The van der Waals surface area contributed by atoms with E-state index in [-0.39, 0.29) is 0 Å². The fraction of sp³-hybridized carbons (Fsp3) is 0.647. The number of ether oxygens (including phenoxy) is 1. The SMILES string of the molecule is CCC(C)c1cccc(N(C)CCN2CCOCC2)c1. The van der Waals surface area contributed by atoms with Gasteiger partial charge in [-0.3, -0.25) is 4.90 Å². The largest absolute Gasteiger partial charge is 0.379 e. The molecular weight excluding hydrogens is 248 g/mol. The third kappa shape index (κ3) is 4.22. The molecular formula is C17H28N2O. The number of likely N-dealkylation sites (N-methyl/N-ethyl adjacent to an activating group) is 1. The van der Waals surface area contributed by atoms with Gasteiger partial charge >= 0.3 is 0 Å². The molecule has 0 saturated carbocycles. The zero-order valence-corrected chi connectivity index (χ0v) is 13.1. The molecule has 0 spiro atoms. The summed E-state index contributed by atoms with van der Waals surface area (Å²) in [5.41, 5.74) is 2.78. The minimum Gasteiger partial charge on any atom is -0.379 e. The highest BCUT2D eigenvalue weighted by molar-refractivity contribution is 5.48. The number of nitrogens with zero attached hydrogens (tertiary/aromatic N) is 2. The highest BCUT2D eigenvalue weighted by Gasteiger charge is 2.11. The predicted octanol–water partition coefficient (Wildman–Crippen LogP) is 2.97. The smallest absolute Gasteiger partial charge is 0.0594 e. The maximum absolute atomic E-state index is 5.39. The first kappa shape index (κ1) is 15.3. The normalized spacial score (nSPS) is 17.9. The van der Waals surface area contributed by atoms with Crippen LogP contribution >= 0.6 is 0 Å². The highest BCUT2D eigenvalue weighted by Crippen LogP contribution is 2.23. The summed E-state index contributed by atoms with van der Waals surface area (Å²) in [6, 6.07) is 8.98. The molecule has 1 aliphatic rings. The molecule has 0 radical (unpaired) electrons. The van der Waals surface area contributed by atoms with Crippen LogP contribution in [0.4, 0.5) is 5.69 Å². The van der Waals surface area contributed by atoms with Crippen molar-refractivity contribution in [2.45, 2.75) is 26.2 Å². The second-order valence-electron chi connectivity index (χ2n) is 5.78. The number of hydrogen-bond donors (Lipinski definition) is 0. The second kappa shape index (κ2) is 7.65.